The summed E-state index contributed by atoms with van der Waals surface area (Å²) in [4.78, 5) is 13.9. The first kappa shape index (κ1) is 20.6. The van der Waals surface area contributed by atoms with Crippen LogP contribution in [-0.4, -0.2) is 36.8 Å². The second-order valence-corrected chi connectivity index (χ2v) is 9.06. The smallest absolute Gasteiger partial charge is 0.229 e. The van der Waals surface area contributed by atoms with E-state index in [0.29, 0.717) is 24.6 Å². The van der Waals surface area contributed by atoms with Crippen molar-refractivity contribution in [1.82, 2.24) is 35.2 Å². The standard InChI is InChI=1S/C25H26N8O/c1-15(2)25-28-24(30-34-25)23-22-13-20-18(12-17-7-5-6-10-26-17)29-31(4)33(20)21-11-16(3)8-9-19(21)32(22)14-27-23/h5-11,14-15,29H,12-13H2,1-4H3. The SMILES string of the molecule is Cc1ccc2c(c1)N1C(=C(Cc3ccccn3)NN1C)Cc1c(-c3noc(C(C)C)n3)ncn1-2. The van der Waals surface area contributed by atoms with E-state index < -0.39 is 0 Å². The number of aromatic nitrogens is 5. The highest BCUT2D eigenvalue weighted by atomic mass is 16.5. The van der Waals surface area contributed by atoms with E-state index in [1.807, 2.05) is 50.7 Å². The average Bonchev–Trinajstić information content (AvgIpc) is 3.51. The Kier molecular flexibility index (Phi) is 4.73. The molecule has 1 aromatic carbocycles. The van der Waals surface area contributed by atoms with E-state index in [9.17, 15) is 0 Å². The van der Waals surface area contributed by atoms with Gasteiger partial charge in [-0.3, -0.25) is 14.6 Å². The molecule has 34 heavy (non-hydrogen) atoms. The van der Waals surface area contributed by atoms with Gasteiger partial charge in [0.05, 0.1) is 28.5 Å². The van der Waals surface area contributed by atoms with Gasteiger partial charge in [0.15, 0.2) is 0 Å². The minimum atomic E-state index is 0.155. The van der Waals surface area contributed by atoms with Gasteiger partial charge in [-0.25, -0.2) is 4.98 Å². The van der Waals surface area contributed by atoms with Gasteiger partial charge in [-0.1, -0.05) is 31.1 Å². The zero-order valence-electron chi connectivity index (χ0n) is 19.6. The Labute approximate surface area is 197 Å². The highest BCUT2D eigenvalue weighted by Crippen LogP contribution is 2.40. The molecule has 0 fully saturated rings. The van der Waals surface area contributed by atoms with Gasteiger partial charge in [0, 0.05) is 37.7 Å². The zero-order valence-corrected chi connectivity index (χ0v) is 19.6. The van der Waals surface area contributed by atoms with Gasteiger partial charge < -0.3 is 9.95 Å². The highest BCUT2D eigenvalue weighted by Gasteiger charge is 2.35. The van der Waals surface area contributed by atoms with Crippen LogP contribution in [0.15, 0.2) is 64.8 Å². The van der Waals surface area contributed by atoms with Crippen molar-refractivity contribution in [3.63, 3.8) is 0 Å². The van der Waals surface area contributed by atoms with Crippen LogP contribution in [0, 0.1) is 6.92 Å². The van der Waals surface area contributed by atoms with Crippen molar-refractivity contribution in [2.75, 3.05) is 12.1 Å². The van der Waals surface area contributed by atoms with Crippen LogP contribution < -0.4 is 10.4 Å². The number of rotatable bonds is 4. The molecule has 0 amide bonds. The highest BCUT2D eigenvalue weighted by molar-refractivity contribution is 5.72. The van der Waals surface area contributed by atoms with Gasteiger partial charge in [0.2, 0.25) is 11.7 Å². The number of nitrogens with zero attached hydrogens (tertiary/aromatic N) is 7. The number of anilines is 1. The predicted octanol–water partition coefficient (Wildman–Crippen LogP) is 3.93. The maximum atomic E-state index is 5.50. The molecule has 172 valence electrons. The van der Waals surface area contributed by atoms with Gasteiger partial charge in [-0.2, -0.15) is 4.98 Å². The zero-order chi connectivity index (χ0) is 23.4. The van der Waals surface area contributed by atoms with Crippen LogP contribution in [0.3, 0.4) is 0 Å². The number of benzene rings is 1. The third-order valence-electron chi connectivity index (χ3n) is 6.25. The van der Waals surface area contributed by atoms with E-state index in [4.69, 9.17) is 9.51 Å². The number of fused-ring (bicyclic) bond motifs is 5. The van der Waals surface area contributed by atoms with Crippen molar-refractivity contribution in [2.45, 2.75) is 39.5 Å². The van der Waals surface area contributed by atoms with E-state index in [0.717, 1.165) is 39.9 Å². The Morgan fingerprint density at radius 2 is 2.00 bits per heavy atom. The normalized spacial score (nSPS) is 15.3. The van der Waals surface area contributed by atoms with Crippen molar-refractivity contribution < 1.29 is 4.52 Å². The summed E-state index contributed by atoms with van der Waals surface area (Å²) in [5.41, 5.74) is 11.9. The number of hydrogen-bond acceptors (Lipinski definition) is 8. The lowest BCUT2D eigenvalue weighted by atomic mass is 10.1. The third kappa shape index (κ3) is 3.28. The largest absolute Gasteiger partial charge is 0.339 e. The molecule has 5 heterocycles. The lowest BCUT2D eigenvalue weighted by Gasteiger charge is -2.28. The van der Waals surface area contributed by atoms with Gasteiger partial charge in [0.1, 0.15) is 12.0 Å². The third-order valence-corrected chi connectivity index (χ3v) is 6.25. The first-order chi connectivity index (χ1) is 16.5. The van der Waals surface area contributed by atoms with Crippen LogP contribution in [0.5, 0.6) is 0 Å². The van der Waals surface area contributed by atoms with Crippen LogP contribution in [-0.2, 0) is 12.8 Å². The van der Waals surface area contributed by atoms with E-state index in [2.05, 4.69) is 61.3 Å². The molecule has 3 aromatic heterocycles. The Balaban J connectivity index is 1.54. The maximum absolute atomic E-state index is 5.50. The fraction of sp³-hybridized carbons (Fsp3) is 0.280. The van der Waals surface area contributed by atoms with E-state index in [1.165, 1.54) is 5.56 Å². The molecule has 0 bridgehead atoms. The topological polar surface area (TPSA) is 88.1 Å². The molecule has 9 heteroatoms. The number of imidazole rings is 1. The number of aryl methyl sites for hydroxylation is 1. The minimum Gasteiger partial charge on any atom is -0.339 e. The summed E-state index contributed by atoms with van der Waals surface area (Å²) in [7, 11) is 2.03. The van der Waals surface area contributed by atoms with Gasteiger partial charge in [-0.15, -0.1) is 5.12 Å². The summed E-state index contributed by atoms with van der Waals surface area (Å²) in [5, 5.41) is 8.53. The molecule has 0 saturated heterocycles. The Hall–Kier alpha value is -3.98. The second-order valence-electron chi connectivity index (χ2n) is 9.06. The lowest BCUT2D eigenvalue weighted by molar-refractivity contribution is 0.288. The second kappa shape index (κ2) is 7.81. The number of allylic oxidation sites excluding steroid dienone is 2. The first-order valence-electron chi connectivity index (χ1n) is 11.4. The van der Waals surface area contributed by atoms with Crippen LogP contribution in [0.1, 0.15) is 42.6 Å². The molecule has 0 aliphatic carbocycles. The molecule has 1 N–H and O–H groups in total. The average molecular weight is 455 g/mol. The van der Waals surface area contributed by atoms with Crippen LogP contribution >= 0.6 is 0 Å². The van der Waals surface area contributed by atoms with Crippen LogP contribution in [0.25, 0.3) is 17.2 Å². The van der Waals surface area contributed by atoms with Gasteiger partial charge >= 0.3 is 0 Å². The summed E-state index contributed by atoms with van der Waals surface area (Å²) in [6.07, 6.45) is 5.03. The summed E-state index contributed by atoms with van der Waals surface area (Å²) in [5.74, 6) is 1.29. The van der Waals surface area contributed by atoms with E-state index in [-0.39, 0.29) is 5.92 Å². The molecule has 2 aliphatic heterocycles. The van der Waals surface area contributed by atoms with Crippen molar-refractivity contribution in [1.29, 1.82) is 0 Å². The molecule has 0 atom stereocenters. The summed E-state index contributed by atoms with van der Waals surface area (Å²) < 4.78 is 7.65. The molecular weight excluding hydrogens is 428 g/mol. The van der Waals surface area contributed by atoms with E-state index in [1.54, 1.807) is 0 Å². The molecule has 2 aliphatic rings. The molecule has 0 saturated carbocycles. The van der Waals surface area contributed by atoms with Crippen molar-refractivity contribution in [3.8, 4) is 17.2 Å². The monoisotopic (exact) mass is 454 g/mol. The predicted molar refractivity (Wildman–Crippen MR) is 128 cm³/mol. The maximum Gasteiger partial charge on any atom is 0.229 e. The Morgan fingerprint density at radius 1 is 1.12 bits per heavy atom. The summed E-state index contributed by atoms with van der Waals surface area (Å²) in [6, 6.07) is 12.5. The quantitative estimate of drug-likeness (QED) is 0.496. The lowest BCUT2D eigenvalue weighted by Crippen LogP contribution is -2.40. The van der Waals surface area contributed by atoms with Crippen LogP contribution in [0.2, 0.25) is 0 Å². The Morgan fingerprint density at radius 3 is 2.76 bits per heavy atom. The molecule has 0 radical (unpaired) electrons. The fourth-order valence-electron chi connectivity index (χ4n) is 4.60. The Bertz CT molecular complexity index is 1400. The first-order valence-corrected chi connectivity index (χ1v) is 11.4. The summed E-state index contributed by atoms with van der Waals surface area (Å²) in [6.45, 7) is 6.19. The van der Waals surface area contributed by atoms with Crippen molar-refractivity contribution in [3.05, 3.63) is 83.2 Å². The van der Waals surface area contributed by atoms with Crippen molar-refractivity contribution >= 4 is 5.69 Å². The molecular formula is C25H26N8O. The molecule has 4 aromatic rings. The number of pyridine rings is 1. The molecule has 0 unspecified atom stereocenters. The van der Waals surface area contributed by atoms with Crippen molar-refractivity contribution in [2.24, 2.45) is 0 Å². The molecule has 9 nitrogen and oxygen atoms in total. The fourth-order valence-corrected chi connectivity index (χ4v) is 4.60. The van der Waals surface area contributed by atoms with Gasteiger partial charge in [0.25, 0.3) is 0 Å². The molecule has 6 rings (SSSR count). The van der Waals surface area contributed by atoms with E-state index >= 15 is 0 Å². The number of hydrogen-bond donors (Lipinski definition) is 1. The van der Waals surface area contributed by atoms with Crippen LogP contribution in [0.4, 0.5) is 5.69 Å². The minimum absolute atomic E-state index is 0.155. The van der Waals surface area contributed by atoms with Gasteiger partial charge in [-0.05, 0) is 36.8 Å². The summed E-state index contributed by atoms with van der Waals surface area (Å²) >= 11 is 0. The number of nitrogens with one attached hydrogen (secondary N) is 1. The number of hydrazine groups is 2. The molecule has 0 spiro atoms.